The van der Waals surface area contributed by atoms with Crippen LogP contribution in [0, 0.1) is 5.92 Å². The zero-order chi connectivity index (χ0) is 9.52. The van der Waals surface area contributed by atoms with Crippen LogP contribution in [0.15, 0.2) is 12.2 Å². The van der Waals surface area contributed by atoms with Crippen LogP contribution in [-0.2, 0) is 0 Å². The number of hydrogen-bond donors (Lipinski definition) is 1. The molecule has 0 aromatic carbocycles. The molecule has 0 saturated carbocycles. The predicted molar refractivity (Wildman–Crippen MR) is 57.9 cm³/mol. The lowest BCUT2D eigenvalue weighted by Crippen LogP contribution is -2.26. The summed E-state index contributed by atoms with van der Waals surface area (Å²) in [4.78, 5) is 2.53. The summed E-state index contributed by atoms with van der Waals surface area (Å²) in [7, 11) is 0. The number of nitrogens with one attached hydrogen (secondary N) is 1. The molecule has 2 heteroatoms. The quantitative estimate of drug-likeness (QED) is 0.512. The normalized spacial score (nSPS) is 24.6. The van der Waals surface area contributed by atoms with Crippen molar-refractivity contribution in [2.75, 3.05) is 32.7 Å². The molecular formula is C11H22N2. The summed E-state index contributed by atoms with van der Waals surface area (Å²) in [5.74, 6) is 0.880. The summed E-state index contributed by atoms with van der Waals surface area (Å²) in [5, 5.41) is 3.46. The van der Waals surface area contributed by atoms with Crippen LogP contribution in [0.25, 0.3) is 0 Å². The maximum atomic E-state index is 3.46. The van der Waals surface area contributed by atoms with Gasteiger partial charge in [0.15, 0.2) is 0 Å². The van der Waals surface area contributed by atoms with Gasteiger partial charge in [0, 0.05) is 13.1 Å². The van der Waals surface area contributed by atoms with Gasteiger partial charge in [-0.3, -0.25) is 0 Å². The monoisotopic (exact) mass is 182 g/mol. The van der Waals surface area contributed by atoms with Gasteiger partial charge < -0.3 is 10.2 Å². The molecule has 0 spiro atoms. The van der Waals surface area contributed by atoms with E-state index in [1.807, 2.05) is 0 Å². The molecule has 1 aliphatic rings. The van der Waals surface area contributed by atoms with Gasteiger partial charge in [0.2, 0.25) is 0 Å². The molecule has 1 N–H and O–H groups in total. The fourth-order valence-corrected chi connectivity index (χ4v) is 1.86. The number of likely N-dealkylation sites (tertiary alicyclic amines) is 1. The molecule has 0 radical (unpaired) electrons. The van der Waals surface area contributed by atoms with Crippen LogP contribution in [-0.4, -0.2) is 37.6 Å². The molecule has 0 amide bonds. The Hall–Kier alpha value is -0.340. The first-order valence-electron chi connectivity index (χ1n) is 5.41. The van der Waals surface area contributed by atoms with Crippen LogP contribution in [0.3, 0.4) is 0 Å². The highest BCUT2D eigenvalue weighted by atomic mass is 15.1. The summed E-state index contributed by atoms with van der Waals surface area (Å²) in [6, 6.07) is 0. The highest BCUT2D eigenvalue weighted by molar-refractivity contribution is 4.81. The highest BCUT2D eigenvalue weighted by Crippen LogP contribution is 2.14. The zero-order valence-electron chi connectivity index (χ0n) is 8.92. The van der Waals surface area contributed by atoms with Gasteiger partial charge in [-0.05, 0) is 38.9 Å². The molecule has 1 fully saturated rings. The van der Waals surface area contributed by atoms with E-state index >= 15 is 0 Å². The summed E-state index contributed by atoms with van der Waals surface area (Å²) >= 11 is 0. The SMILES string of the molecule is C/C=C/CNCC1CCN(CC)C1. The number of rotatable bonds is 5. The number of allylic oxidation sites excluding steroid dienone is 1. The molecule has 1 saturated heterocycles. The third kappa shape index (κ3) is 3.92. The van der Waals surface area contributed by atoms with E-state index in [9.17, 15) is 0 Å². The molecule has 1 rings (SSSR count). The first kappa shape index (κ1) is 10.7. The third-order valence-corrected chi connectivity index (χ3v) is 2.75. The molecule has 2 nitrogen and oxygen atoms in total. The van der Waals surface area contributed by atoms with E-state index in [0.29, 0.717) is 0 Å². The van der Waals surface area contributed by atoms with Crippen molar-refractivity contribution in [3.8, 4) is 0 Å². The lowest BCUT2D eigenvalue weighted by atomic mass is 10.1. The van der Waals surface area contributed by atoms with Crippen molar-refractivity contribution in [3.05, 3.63) is 12.2 Å². The van der Waals surface area contributed by atoms with E-state index in [4.69, 9.17) is 0 Å². The van der Waals surface area contributed by atoms with Crippen LogP contribution in [0.2, 0.25) is 0 Å². The first-order chi connectivity index (χ1) is 6.36. The van der Waals surface area contributed by atoms with Crippen molar-refractivity contribution in [1.29, 1.82) is 0 Å². The van der Waals surface area contributed by atoms with Crippen molar-refractivity contribution in [2.45, 2.75) is 20.3 Å². The second-order valence-electron chi connectivity index (χ2n) is 3.78. The Morgan fingerprint density at radius 3 is 3.00 bits per heavy atom. The second kappa shape index (κ2) is 6.17. The number of hydrogen-bond acceptors (Lipinski definition) is 2. The first-order valence-corrected chi connectivity index (χ1v) is 5.41. The van der Waals surface area contributed by atoms with Crippen molar-refractivity contribution in [1.82, 2.24) is 10.2 Å². The molecule has 13 heavy (non-hydrogen) atoms. The Labute approximate surface area is 82.0 Å². The molecule has 0 aromatic heterocycles. The average Bonchev–Trinajstić information content (AvgIpc) is 2.60. The lowest BCUT2D eigenvalue weighted by molar-refractivity contribution is 0.340. The summed E-state index contributed by atoms with van der Waals surface area (Å²) in [6.45, 7) is 10.3. The second-order valence-corrected chi connectivity index (χ2v) is 3.78. The zero-order valence-corrected chi connectivity index (χ0v) is 8.92. The molecular weight excluding hydrogens is 160 g/mol. The largest absolute Gasteiger partial charge is 0.313 e. The molecule has 0 aromatic rings. The minimum absolute atomic E-state index is 0.880. The van der Waals surface area contributed by atoms with Gasteiger partial charge in [0.25, 0.3) is 0 Å². The standard InChI is InChI=1S/C11H22N2/c1-3-5-7-12-9-11-6-8-13(4-2)10-11/h3,5,11-12H,4,6-10H2,1-2H3/b5-3+. The Morgan fingerprint density at radius 2 is 2.38 bits per heavy atom. The van der Waals surface area contributed by atoms with Gasteiger partial charge >= 0.3 is 0 Å². The van der Waals surface area contributed by atoms with E-state index in [-0.39, 0.29) is 0 Å². The Kier molecular flexibility index (Phi) is 5.09. The van der Waals surface area contributed by atoms with Crippen LogP contribution < -0.4 is 5.32 Å². The summed E-state index contributed by atoms with van der Waals surface area (Å²) in [5.41, 5.74) is 0. The van der Waals surface area contributed by atoms with Gasteiger partial charge in [-0.2, -0.15) is 0 Å². The van der Waals surface area contributed by atoms with E-state index < -0.39 is 0 Å². The van der Waals surface area contributed by atoms with E-state index in [2.05, 4.69) is 36.2 Å². The molecule has 0 aliphatic carbocycles. The van der Waals surface area contributed by atoms with Crippen molar-refractivity contribution in [2.24, 2.45) is 5.92 Å². The van der Waals surface area contributed by atoms with Crippen molar-refractivity contribution in [3.63, 3.8) is 0 Å². The van der Waals surface area contributed by atoms with Gasteiger partial charge in [0.1, 0.15) is 0 Å². The Morgan fingerprint density at radius 1 is 1.54 bits per heavy atom. The van der Waals surface area contributed by atoms with E-state index in [1.165, 1.54) is 32.6 Å². The summed E-state index contributed by atoms with van der Waals surface area (Å²) < 4.78 is 0. The van der Waals surface area contributed by atoms with Crippen molar-refractivity contribution < 1.29 is 0 Å². The van der Waals surface area contributed by atoms with Crippen LogP contribution in [0.5, 0.6) is 0 Å². The molecule has 1 heterocycles. The fraction of sp³-hybridized carbons (Fsp3) is 0.818. The van der Waals surface area contributed by atoms with Gasteiger partial charge in [-0.25, -0.2) is 0 Å². The number of nitrogens with zero attached hydrogens (tertiary/aromatic N) is 1. The highest BCUT2D eigenvalue weighted by Gasteiger charge is 2.19. The van der Waals surface area contributed by atoms with Crippen LogP contribution >= 0.6 is 0 Å². The lowest BCUT2D eigenvalue weighted by Gasteiger charge is -2.12. The van der Waals surface area contributed by atoms with Gasteiger partial charge in [-0.1, -0.05) is 19.1 Å². The van der Waals surface area contributed by atoms with Crippen LogP contribution in [0.1, 0.15) is 20.3 Å². The van der Waals surface area contributed by atoms with E-state index in [0.717, 1.165) is 12.5 Å². The van der Waals surface area contributed by atoms with Gasteiger partial charge in [-0.15, -0.1) is 0 Å². The van der Waals surface area contributed by atoms with Gasteiger partial charge in [0.05, 0.1) is 0 Å². The summed E-state index contributed by atoms with van der Waals surface area (Å²) in [6.07, 6.45) is 5.64. The molecule has 1 atom stereocenters. The van der Waals surface area contributed by atoms with Crippen molar-refractivity contribution >= 4 is 0 Å². The predicted octanol–water partition coefficient (Wildman–Crippen LogP) is 1.49. The average molecular weight is 182 g/mol. The topological polar surface area (TPSA) is 15.3 Å². The Bertz CT molecular complexity index is 154. The Balaban J connectivity index is 2.03. The van der Waals surface area contributed by atoms with E-state index in [1.54, 1.807) is 0 Å². The van der Waals surface area contributed by atoms with Crippen LogP contribution in [0.4, 0.5) is 0 Å². The minimum atomic E-state index is 0.880. The smallest absolute Gasteiger partial charge is 0.0134 e. The molecule has 0 bridgehead atoms. The maximum Gasteiger partial charge on any atom is 0.0134 e. The minimum Gasteiger partial charge on any atom is -0.313 e. The third-order valence-electron chi connectivity index (χ3n) is 2.75. The maximum absolute atomic E-state index is 3.46. The molecule has 76 valence electrons. The molecule has 1 unspecified atom stereocenters. The fourth-order valence-electron chi connectivity index (χ4n) is 1.86. The molecule has 1 aliphatic heterocycles.